The summed E-state index contributed by atoms with van der Waals surface area (Å²) in [7, 11) is 0. The van der Waals surface area contributed by atoms with Gasteiger partial charge in [0.15, 0.2) is 5.11 Å². The number of fused-ring (bicyclic) bond motifs is 1. The Morgan fingerprint density at radius 3 is 2.10 bits per heavy atom. The molecule has 0 aliphatic carbocycles. The molecule has 0 aliphatic rings. The fourth-order valence-corrected chi connectivity index (χ4v) is 3.29. The molecule has 0 amide bonds. The van der Waals surface area contributed by atoms with Gasteiger partial charge in [-0.3, -0.25) is 5.43 Å². The lowest BCUT2D eigenvalue weighted by Gasteiger charge is -2.21. The maximum Gasteiger partial charge on any atom is 0.187 e. The monoisotopic (exact) mass is 396 g/mol. The number of aromatic nitrogens is 1. The Morgan fingerprint density at radius 2 is 1.41 bits per heavy atom. The highest BCUT2D eigenvalue weighted by Gasteiger charge is 2.14. The zero-order valence-corrected chi connectivity index (χ0v) is 16.5. The van der Waals surface area contributed by atoms with Crippen LogP contribution < -0.4 is 10.7 Å². The average molecular weight is 397 g/mol. The molecule has 0 atom stereocenters. The average Bonchev–Trinajstić information content (AvgIpc) is 2.78. The lowest BCUT2D eigenvalue weighted by molar-refractivity contribution is 0.745. The zero-order chi connectivity index (χ0) is 19.9. The summed E-state index contributed by atoms with van der Waals surface area (Å²) in [6.45, 7) is 0. The van der Waals surface area contributed by atoms with Gasteiger partial charge in [-0.1, -0.05) is 84.9 Å². The number of nitrogens with one attached hydrogen (secondary N) is 2. The lowest BCUT2D eigenvalue weighted by atomic mass is 9.99. The number of benzene rings is 3. The molecule has 0 bridgehead atoms. The molecular formula is C24H20N4S. The van der Waals surface area contributed by atoms with Gasteiger partial charge in [0.05, 0.1) is 23.5 Å². The molecule has 0 unspecified atom stereocenters. The molecule has 1 heterocycles. The second-order valence-corrected chi connectivity index (χ2v) is 6.93. The van der Waals surface area contributed by atoms with Crippen molar-refractivity contribution in [1.29, 1.82) is 0 Å². The Morgan fingerprint density at radius 1 is 0.793 bits per heavy atom. The zero-order valence-electron chi connectivity index (χ0n) is 15.7. The van der Waals surface area contributed by atoms with Crippen molar-refractivity contribution in [2.75, 3.05) is 0 Å². The molecule has 142 valence electrons. The molecule has 1 aromatic heterocycles. The third kappa shape index (κ3) is 4.83. The molecule has 0 saturated heterocycles. The van der Waals surface area contributed by atoms with Crippen LogP contribution in [0.3, 0.4) is 0 Å². The Balaban J connectivity index is 1.45. The van der Waals surface area contributed by atoms with Crippen molar-refractivity contribution in [3.05, 3.63) is 114 Å². The molecule has 0 saturated carbocycles. The molecule has 4 nitrogen and oxygen atoms in total. The van der Waals surface area contributed by atoms with Crippen LogP contribution in [0.2, 0.25) is 0 Å². The maximum absolute atomic E-state index is 5.47. The van der Waals surface area contributed by atoms with Crippen LogP contribution in [0.4, 0.5) is 0 Å². The van der Waals surface area contributed by atoms with Gasteiger partial charge in [-0.2, -0.15) is 5.10 Å². The molecule has 0 spiro atoms. The van der Waals surface area contributed by atoms with Crippen molar-refractivity contribution in [3.63, 3.8) is 0 Å². The maximum atomic E-state index is 5.47. The van der Waals surface area contributed by atoms with Crippen molar-refractivity contribution >= 4 is 34.4 Å². The fourth-order valence-electron chi connectivity index (χ4n) is 3.12. The predicted octanol–water partition coefficient (Wildman–Crippen LogP) is 4.82. The van der Waals surface area contributed by atoms with Gasteiger partial charge in [-0.05, 0) is 35.5 Å². The van der Waals surface area contributed by atoms with Crippen LogP contribution in [0.1, 0.15) is 22.9 Å². The Kier molecular flexibility index (Phi) is 5.88. The molecule has 2 N–H and O–H groups in total. The summed E-state index contributed by atoms with van der Waals surface area (Å²) in [6, 6.07) is 32.3. The Bertz CT molecular complexity index is 1090. The van der Waals surface area contributed by atoms with Crippen molar-refractivity contribution in [2.45, 2.75) is 6.04 Å². The third-order valence-electron chi connectivity index (χ3n) is 4.52. The van der Waals surface area contributed by atoms with Crippen LogP contribution in [0, 0.1) is 0 Å². The predicted molar refractivity (Wildman–Crippen MR) is 123 cm³/mol. The van der Waals surface area contributed by atoms with Crippen molar-refractivity contribution < 1.29 is 0 Å². The number of thiocarbonyl (C=S) groups is 1. The minimum absolute atomic E-state index is 0.0635. The highest BCUT2D eigenvalue weighted by molar-refractivity contribution is 7.80. The molecule has 3 aromatic carbocycles. The minimum Gasteiger partial charge on any atom is -0.350 e. The topological polar surface area (TPSA) is 49.3 Å². The van der Waals surface area contributed by atoms with Gasteiger partial charge >= 0.3 is 0 Å². The molecule has 0 aliphatic heterocycles. The van der Waals surface area contributed by atoms with Crippen molar-refractivity contribution in [2.24, 2.45) is 5.10 Å². The second kappa shape index (κ2) is 9.08. The van der Waals surface area contributed by atoms with Gasteiger partial charge in [0, 0.05) is 5.39 Å². The number of hydrogen-bond acceptors (Lipinski definition) is 3. The standard InChI is InChI=1S/C24H20N4S/c29-24(28-25-17-21-16-15-18-9-7-8-14-22(18)26-21)27-23(19-10-3-1-4-11-19)20-12-5-2-6-13-20/h1-17,23H,(H2,27,28,29)/b25-17+. The lowest BCUT2D eigenvalue weighted by Crippen LogP contribution is -2.35. The van der Waals surface area contributed by atoms with Crippen LogP contribution in [0.5, 0.6) is 0 Å². The fraction of sp³-hybridized carbons (Fsp3) is 0.0417. The Labute approximate surface area is 175 Å². The SMILES string of the molecule is S=C(N/N=C/c1ccc2ccccc2n1)NC(c1ccccc1)c1ccccc1. The van der Waals surface area contributed by atoms with Gasteiger partial charge in [0.1, 0.15) is 0 Å². The number of para-hydroxylation sites is 1. The van der Waals surface area contributed by atoms with E-state index in [0.717, 1.165) is 27.7 Å². The minimum atomic E-state index is -0.0635. The van der Waals surface area contributed by atoms with Gasteiger partial charge in [0.25, 0.3) is 0 Å². The van der Waals surface area contributed by atoms with Crippen molar-refractivity contribution in [3.8, 4) is 0 Å². The first kappa shape index (κ1) is 18.8. The molecule has 4 aromatic rings. The van der Waals surface area contributed by atoms with E-state index >= 15 is 0 Å². The van der Waals surface area contributed by atoms with E-state index in [-0.39, 0.29) is 6.04 Å². The van der Waals surface area contributed by atoms with Gasteiger partial charge in [-0.25, -0.2) is 4.98 Å². The number of pyridine rings is 1. The van der Waals surface area contributed by atoms with E-state index in [9.17, 15) is 0 Å². The van der Waals surface area contributed by atoms with E-state index in [4.69, 9.17) is 12.2 Å². The summed E-state index contributed by atoms with van der Waals surface area (Å²) in [5.41, 5.74) is 6.86. The molecule has 29 heavy (non-hydrogen) atoms. The summed E-state index contributed by atoms with van der Waals surface area (Å²) in [5.74, 6) is 0. The first-order chi connectivity index (χ1) is 14.3. The van der Waals surface area contributed by atoms with E-state index in [1.165, 1.54) is 0 Å². The van der Waals surface area contributed by atoms with E-state index in [0.29, 0.717) is 5.11 Å². The summed E-state index contributed by atoms with van der Waals surface area (Å²) in [4.78, 5) is 4.58. The summed E-state index contributed by atoms with van der Waals surface area (Å²) < 4.78 is 0. The van der Waals surface area contributed by atoms with Gasteiger partial charge in [-0.15, -0.1) is 0 Å². The molecule has 0 radical (unpaired) electrons. The Hall–Kier alpha value is -3.57. The third-order valence-corrected chi connectivity index (χ3v) is 4.73. The van der Waals surface area contributed by atoms with Gasteiger partial charge < -0.3 is 5.32 Å². The van der Waals surface area contributed by atoms with Crippen LogP contribution in [-0.2, 0) is 0 Å². The summed E-state index contributed by atoms with van der Waals surface area (Å²) in [6.07, 6.45) is 1.67. The van der Waals surface area contributed by atoms with Crippen LogP contribution in [0.25, 0.3) is 10.9 Å². The number of nitrogens with zero attached hydrogens (tertiary/aromatic N) is 2. The van der Waals surface area contributed by atoms with Crippen LogP contribution in [0.15, 0.2) is 102 Å². The number of rotatable bonds is 5. The van der Waals surface area contributed by atoms with E-state index in [2.05, 4.69) is 45.1 Å². The number of hydrazone groups is 1. The molecule has 4 rings (SSSR count). The highest BCUT2D eigenvalue weighted by atomic mass is 32.1. The van der Waals surface area contributed by atoms with Gasteiger partial charge in [0.2, 0.25) is 0 Å². The molecular weight excluding hydrogens is 376 g/mol. The highest BCUT2D eigenvalue weighted by Crippen LogP contribution is 2.21. The van der Waals surface area contributed by atoms with Crippen LogP contribution >= 0.6 is 12.2 Å². The summed E-state index contributed by atoms with van der Waals surface area (Å²) >= 11 is 5.47. The molecule has 5 heteroatoms. The first-order valence-electron chi connectivity index (χ1n) is 9.35. The first-order valence-corrected chi connectivity index (χ1v) is 9.76. The number of hydrogen-bond donors (Lipinski definition) is 2. The largest absolute Gasteiger partial charge is 0.350 e. The summed E-state index contributed by atoms with van der Waals surface area (Å²) in [5, 5.41) is 9.14. The quantitative estimate of drug-likeness (QED) is 0.288. The van der Waals surface area contributed by atoms with E-state index in [1.807, 2.05) is 72.8 Å². The second-order valence-electron chi connectivity index (χ2n) is 6.53. The molecule has 0 fully saturated rings. The van der Waals surface area contributed by atoms with E-state index in [1.54, 1.807) is 6.21 Å². The van der Waals surface area contributed by atoms with Crippen molar-refractivity contribution in [1.82, 2.24) is 15.7 Å². The van der Waals surface area contributed by atoms with E-state index < -0.39 is 0 Å². The normalized spacial score (nSPS) is 11.1. The smallest absolute Gasteiger partial charge is 0.187 e. The van der Waals surface area contributed by atoms with Crippen LogP contribution in [-0.4, -0.2) is 16.3 Å².